The maximum atomic E-state index is 12.7. The second-order valence-corrected chi connectivity index (χ2v) is 8.21. The van der Waals surface area contributed by atoms with E-state index in [2.05, 4.69) is 30.6 Å². The molecule has 2 aromatic carbocycles. The number of nitrogens with one attached hydrogen (secondary N) is 3. The lowest BCUT2D eigenvalue weighted by molar-refractivity contribution is -0.384. The molecule has 0 aliphatic carbocycles. The van der Waals surface area contributed by atoms with E-state index in [9.17, 15) is 14.9 Å². The number of aromatic amines is 1. The molecule has 5 rings (SSSR count). The van der Waals surface area contributed by atoms with Crippen LogP contribution in [0.3, 0.4) is 0 Å². The molecule has 0 spiro atoms. The molecule has 0 aliphatic heterocycles. The molecule has 0 unspecified atom stereocenters. The number of aromatic nitrogens is 4. The number of carbonyl (C=O) groups is 1. The monoisotopic (exact) mass is 499 g/mol. The molecule has 0 fully saturated rings. The van der Waals surface area contributed by atoms with Gasteiger partial charge in [0.1, 0.15) is 16.7 Å². The molecule has 0 aliphatic rings. The number of H-pyrrole nitrogens is 1. The minimum Gasteiger partial charge on any atom is -0.365 e. The molecular weight excluding hydrogens is 482 g/mol. The van der Waals surface area contributed by atoms with Crippen LogP contribution in [0.2, 0.25) is 5.02 Å². The smallest absolute Gasteiger partial charge is 0.288 e. The predicted octanol–water partition coefficient (Wildman–Crippen LogP) is 5.45. The van der Waals surface area contributed by atoms with Crippen LogP contribution < -0.4 is 10.6 Å². The predicted molar refractivity (Wildman–Crippen MR) is 137 cm³/mol. The molecule has 0 atom stereocenters. The second kappa shape index (κ2) is 9.80. The summed E-state index contributed by atoms with van der Waals surface area (Å²) in [7, 11) is 0. The Hall–Kier alpha value is -4.83. The Morgan fingerprint density at radius 1 is 1.06 bits per heavy atom. The third kappa shape index (κ3) is 4.84. The lowest BCUT2D eigenvalue weighted by Gasteiger charge is -2.09. The van der Waals surface area contributed by atoms with Crippen LogP contribution in [-0.4, -0.2) is 30.8 Å². The van der Waals surface area contributed by atoms with E-state index in [-0.39, 0.29) is 16.3 Å². The van der Waals surface area contributed by atoms with Crippen molar-refractivity contribution in [3.8, 4) is 11.4 Å². The van der Waals surface area contributed by atoms with E-state index >= 15 is 0 Å². The average molecular weight is 500 g/mol. The van der Waals surface area contributed by atoms with Crippen molar-refractivity contribution in [2.75, 3.05) is 10.6 Å². The minimum atomic E-state index is -0.629. The van der Waals surface area contributed by atoms with E-state index in [0.29, 0.717) is 34.9 Å². The van der Waals surface area contributed by atoms with E-state index < -0.39 is 10.8 Å². The number of amides is 1. The largest absolute Gasteiger partial charge is 0.365 e. The van der Waals surface area contributed by atoms with Gasteiger partial charge >= 0.3 is 0 Å². The Morgan fingerprint density at radius 2 is 1.89 bits per heavy atom. The molecular formula is C25H18ClN7O3. The summed E-state index contributed by atoms with van der Waals surface area (Å²) in [6.45, 7) is 0.575. The van der Waals surface area contributed by atoms with Crippen molar-refractivity contribution >= 4 is 45.7 Å². The molecule has 3 aromatic heterocycles. The highest BCUT2D eigenvalue weighted by Gasteiger charge is 2.17. The number of hydrogen-bond acceptors (Lipinski definition) is 7. The number of anilines is 2. The van der Waals surface area contributed by atoms with Crippen LogP contribution in [0.25, 0.3) is 22.4 Å². The minimum absolute atomic E-state index is 0.0343. The molecule has 0 saturated heterocycles. The van der Waals surface area contributed by atoms with Gasteiger partial charge in [-0.2, -0.15) is 0 Å². The fourth-order valence-corrected chi connectivity index (χ4v) is 3.82. The van der Waals surface area contributed by atoms with Gasteiger partial charge in [0.05, 0.1) is 21.5 Å². The number of nitro benzene ring substituents is 1. The number of pyridine rings is 2. The number of benzene rings is 2. The standard InChI is InChI=1S/C25H18ClN7O3/c26-19-5-3-16(12-22(19)33(35)36)25(34)30-17-4-6-20-21(13-17)32-24(31-20)18-2-1-9-28-23(18)29-14-15-7-10-27-11-8-15/h1-13H,14H2,(H,28,29)(H,30,34)(H,31,32). The van der Waals surface area contributed by atoms with E-state index in [1.807, 2.05) is 24.3 Å². The highest BCUT2D eigenvalue weighted by molar-refractivity contribution is 6.32. The van der Waals surface area contributed by atoms with Crippen molar-refractivity contribution in [2.24, 2.45) is 0 Å². The number of imidazole rings is 1. The first kappa shape index (κ1) is 22.9. The van der Waals surface area contributed by atoms with E-state index in [4.69, 9.17) is 11.6 Å². The molecule has 11 heteroatoms. The topological polar surface area (TPSA) is 139 Å². The van der Waals surface area contributed by atoms with E-state index in [1.54, 1.807) is 36.8 Å². The Bertz CT molecular complexity index is 1590. The van der Waals surface area contributed by atoms with Crippen LogP contribution in [0.1, 0.15) is 15.9 Å². The number of carbonyl (C=O) groups excluding carboxylic acids is 1. The van der Waals surface area contributed by atoms with Crippen molar-refractivity contribution < 1.29 is 9.72 Å². The number of nitrogens with zero attached hydrogens (tertiary/aromatic N) is 4. The van der Waals surface area contributed by atoms with Gasteiger partial charge in [-0.05, 0) is 60.2 Å². The summed E-state index contributed by atoms with van der Waals surface area (Å²) in [5.41, 5.74) is 3.56. The lowest BCUT2D eigenvalue weighted by atomic mass is 10.2. The number of nitro groups is 1. The van der Waals surface area contributed by atoms with E-state index in [1.165, 1.54) is 12.1 Å². The summed E-state index contributed by atoms with van der Waals surface area (Å²) in [5, 5.41) is 17.2. The van der Waals surface area contributed by atoms with Gasteiger partial charge in [-0.1, -0.05) is 11.6 Å². The van der Waals surface area contributed by atoms with Gasteiger partial charge in [0.25, 0.3) is 11.6 Å². The first-order valence-corrected chi connectivity index (χ1v) is 11.2. The molecule has 1 amide bonds. The number of halogens is 1. The van der Waals surface area contributed by atoms with Crippen LogP contribution in [-0.2, 0) is 6.54 Å². The Morgan fingerprint density at radius 3 is 2.69 bits per heavy atom. The summed E-state index contributed by atoms with van der Waals surface area (Å²) in [6.07, 6.45) is 5.18. The van der Waals surface area contributed by atoms with Crippen LogP contribution in [0.5, 0.6) is 0 Å². The maximum Gasteiger partial charge on any atom is 0.288 e. The summed E-state index contributed by atoms with van der Waals surface area (Å²) in [5.74, 6) is 0.794. The van der Waals surface area contributed by atoms with Gasteiger partial charge in [-0.3, -0.25) is 19.9 Å². The zero-order valence-electron chi connectivity index (χ0n) is 18.6. The van der Waals surface area contributed by atoms with Crippen LogP contribution in [0.4, 0.5) is 17.2 Å². The zero-order chi connectivity index (χ0) is 25.1. The van der Waals surface area contributed by atoms with Gasteiger partial charge in [-0.15, -0.1) is 0 Å². The lowest BCUT2D eigenvalue weighted by Crippen LogP contribution is -2.12. The average Bonchev–Trinajstić information content (AvgIpc) is 3.31. The summed E-state index contributed by atoms with van der Waals surface area (Å²) < 4.78 is 0. The molecule has 0 saturated carbocycles. The molecule has 0 radical (unpaired) electrons. The Balaban J connectivity index is 1.38. The summed E-state index contributed by atoms with van der Waals surface area (Å²) in [4.78, 5) is 39.6. The highest BCUT2D eigenvalue weighted by atomic mass is 35.5. The van der Waals surface area contributed by atoms with Gasteiger partial charge in [0.2, 0.25) is 0 Å². The van der Waals surface area contributed by atoms with Crippen molar-refractivity contribution in [3.05, 3.63) is 106 Å². The quantitative estimate of drug-likeness (QED) is 0.200. The fourth-order valence-electron chi connectivity index (χ4n) is 3.64. The van der Waals surface area contributed by atoms with Crippen LogP contribution in [0.15, 0.2) is 79.3 Å². The maximum absolute atomic E-state index is 12.7. The first-order valence-electron chi connectivity index (χ1n) is 10.8. The second-order valence-electron chi connectivity index (χ2n) is 7.80. The number of rotatable bonds is 7. The van der Waals surface area contributed by atoms with Gasteiger partial charge in [0.15, 0.2) is 0 Å². The van der Waals surface area contributed by atoms with Crippen molar-refractivity contribution in [1.29, 1.82) is 0 Å². The Kier molecular flexibility index (Phi) is 6.25. The molecule has 3 N–H and O–H groups in total. The normalized spacial score (nSPS) is 10.8. The highest BCUT2D eigenvalue weighted by Crippen LogP contribution is 2.28. The summed E-state index contributed by atoms with van der Waals surface area (Å²) in [6, 6.07) is 16.7. The van der Waals surface area contributed by atoms with Crippen molar-refractivity contribution in [3.63, 3.8) is 0 Å². The molecule has 5 aromatic rings. The molecule has 36 heavy (non-hydrogen) atoms. The number of hydrogen-bond donors (Lipinski definition) is 3. The van der Waals surface area contributed by atoms with Gasteiger partial charge < -0.3 is 15.6 Å². The van der Waals surface area contributed by atoms with Gasteiger partial charge in [0, 0.05) is 42.5 Å². The van der Waals surface area contributed by atoms with Crippen molar-refractivity contribution in [2.45, 2.75) is 6.54 Å². The Labute approximate surface area is 209 Å². The van der Waals surface area contributed by atoms with E-state index in [0.717, 1.165) is 17.2 Å². The SMILES string of the molecule is O=C(Nc1ccc2nc(-c3cccnc3NCc3ccncc3)[nH]c2c1)c1ccc(Cl)c([N+](=O)[O-])c1. The molecule has 178 valence electrons. The van der Waals surface area contributed by atoms with Crippen LogP contribution in [0, 0.1) is 10.1 Å². The third-order valence-electron chi connectivity index (χ3n) is 5.42. The molecule has 0 bridgehead atoms. The third-order valence-corrected chi connectivity index (χ3v) is 5.74. The van der Waals surface area contributed by atoms with Crippen molar-refractivity contribution in [1.82, 2.24) is 19.9 Å². The zero-order valence-corrected chi connectivity index (χ0v) is 19.4. The molecule has 10 nitrogen and oxygen atoms in total. The molecule has 3 heterocycles. The fraction of sp³-hybridized carbons (Fsp3) is 0.0400. The first-order chi connectivity index (χ1) is 17.5. The number of fused-ring (bicyclic) bond motifs is 1. The van der Waals surface area contributed by atoms with Gasteiger partial charge in [-0.25, -0.2) is 9.97 Å². The van der Waals surface area contributed by atoms with Crippen LogP contribution >= 0.6 is 11.6 Å². The summed E-state index contributed by atoms with van der Waals surface area (Å²) >= 11 is 5.84.